The molecule has 0 spiro atoms. The van der Waals surface area contributed by atoms with Gasteiger partial charge in [0.2, 0.25) is 5.91 Å². The first-order valence-electron chi connectivity index (χ1n) is 6.83. The van der Waals surface area contributed by atoms with E-state index in [9.17, 15) is 9.18 Å². The smallest absolute Gasteiger partial charge is 0.226 e. The number of aryl methyl sites for hydroxylation is 1. The quantitative estimate of drug-likeness (QED) is 0.881. The van der Waals surface area contributed by atoms with E-state index in [1.165, 1.54) is 18.6 Å². The molecule has 1 amide bonds. The van der Waals surface area contributed by atoms with Crippen LogP contribution in [0.3, 0.4) is 0 Å². The maximum atomic E-state index is 13.2. The SMILES string of the molecule is Cc1cc(F)cc(NC(=O)CC2(N)CCCCC2)c1. The van der Waals surface area contributed by atoms with Crippen LogP contribution >= 0.6 is 0 Å². The minimum atomic E-state index is -0.384. The molecular formula is C15H21FN2O. The van der Waals surface area contributed by atoms with Crippen LogP contribution in [0.25, 0.3) is 0 Å². The average Bonchev–Trinajstić information content (AvgIpc) is 2.27. The van der Waals surface area contributed by atoms with E-state index in [-0.39, 0.29) is 17.3 Å². The van der Waals surface area contributed by atoms with E-state index in [0.29, 0.717) is 12.1 Å². The highest BCUT2D eigenvalue weighted by Crippen LogP contribution is 2.29. The third-order valence-electron chi connectivity index (χ3n) is 3.69. The Morgan fingerprint density at radius 3 is 2.63 bits per heavy atom. The first kappa shape index (κ1) is 14.0. The van der Waals surface area contributed by atoms with Crippen LogP contribution in [0.1, 0.15) is 44.1 Å². The van der Waals surface area contributed by atoms with Gasteiger partial charge in [-0.1, -0.05) is 19.3 Å². The van der Waals surface area contributed by atoms with Crippen molar-refractivity contribution in [2.24, 2.45) is 5.73 Å². The molecular weight excluding hydrogens is 243 g/mol. The first-order chi connectivity index (χ1) is 8.97. The molecule has 2 rings (SSSR count). The lowest BCUT2D eigenvalue weighted by atomic mass is 9.80. The van der Waals surface area contributed by atoms with Gasteiger partial charge in [0.1, 0.15) is 5.82 Å². The van der Waals surface area contributed by atoms with Gasteiger partial charge in [0.05, 0.1) is 0 Å². The summed E-state index contributed by atoms with van der Waals surface area (Å²) in [5.74, 6) is -0.468. The second-order valence-corrected chi connectivity index (χ2v) is 5.67. The molecule has 1 aliphatic rings. The number of amides is 1. The van der Waals surface area contributed by atoms with E-state index in [1.807, 2.05) is 0 Å². The topological polar surface area (TPSA) is 55.1 Å². The predicted molar refractivity (Wildman–Crippen MR) is 74.4 cm³/mol. The number of anilines is 1. The number of hydrogen-bond donors (Lipinski definition) is 2. The van der Waals surface area contributed by atoms with Gasteiger partial charge < -0.3 is 11.1 Å². The molecule has 1 aromatic carbocycles. The Morgan fingerprint density at radius 1 is 1.32 bits per heavy atom. The molecule has 104 valence electrons. The van der Waals surface area contributed by atoms with Gasteiger partial charge in [0.15, 0.2) is 0 Å². The van der Waals surface area contributed by atoms with Crippen molar-refractivity contribution >= 4 is 11.6 Å². The molecule has 19 heavy (non-hydrogen) atoms. The molecule has 0 heterocycles. The fraction of sp³-hybridized carbons (Fsp3) is 0.533. The number of carbonyl (C=O) groups is 1. The van der Waals surface area contributed by atoms with Crippen molar-refractivity contribution in [3.63, 3.8) is 0 Å². The van der Waals surface area contributed by atoms with Gasteiger partial charge in [-0.05, 0) is 43.5 Å². The summed E-state index contributed by atoms with van der Waals surface area (Å²) in [5, 5.41) is 2.74. The van der Waals surface area contributed by atoms with Gasteiger partial charge in [0, 0.05) is 17.6 Å². The number of nitrogens with two attached hydrogens (primary N) is 1. The van der Waals surface area contributed by atoms with Crippen molar-refractivity contribution in [2.75, 3.05) is 5.32 Å². The van der Waals surface area contributed by atoms with Gasteiger partial charge in [-0.2, -0.15) is 0 Å². The van der Waals surface area contributed by atoms with Gasteiger partial charge >= 0.3 is 0 Å². The summed E-state index contributed by atoms with van der Waals surface area (Å²) in [6.45, 7) is 1.80. The number of hydrogen-bond acceptors (Lipinski definition) is 2. The Bertz CT molecular complexity index is 447. The summed E-state index contributed by atoms with van der Waals surface area (Å²) >= 11 is 0. The summed E-state index contributed by atoms with van der Waals surface area (Å²) < 4.78 is 13.2. The Morgan fingerprint density at radius 2 is 2.00 bits per heavy atom. The van der Waals surface area contributed by atoms with Crippen molar-refractivity contribution in [3.05, 3.63) is 29.6 Å². The Balaban J connectivity index is 1.97. The van der Waals surface area contributed by atoms with E-state index in [2.05, 4.69) is 5.32 Å². The molecule has 3 nitrogen and oxygen atoms in total. The maximum absolute atomic E-state index is 13.2. The highest BCUT2D eigenvalue weighted by atomic mass is 19.1. The third kappa shape index (κ3) is 4.03. The van der Waals surface area contributed by atoms with E-state index >= 15 is 0 Å². The minimum absolute atomic E-state index is 0.130. The molecule has 1 aliphatic carbocycles. The van der Waals surface area contributed by atoms with Gasteiger partial charge in [-0.25, -0.2) is 4.39 Å². The molecule has 0 bridgehead atoms. The van der Waals surface area contributed by atoms with Crippen LogP contribution in [-0.4, -0.2) is 11.4 Å². The molecule has 1 saturated carbocycles. The maximum Gasteiger partial charge on any atom is 0.226 e. The largest absolute Gasteiger partial charge is 0.326 e. The highest BCUT2D eigenvalue weighted by molar-refractivity contribution is 5.91. The zero-order valence-electron chi connectivity index (χ0n) is 11.3. The second-order valence-electron chi connectivity index (χ2n) is 5.67. The Hall–Kier alpha value is -1.42. The van der Waals surface area contributed by atoms with Crippen molar-refractivity contribution in [1.82, 2.24) is 0 Å². The van der Waals surface area contributed by atoms with Crippen molar-refractivity contribution in [1.29, 1.82) is 0 Å². The summed E-state index contributed by atoms with van der Waals surface area (Å²) in [7, 11) is 0. The summed E-state index contributed by atoms with van der Waals surface area (Å²) in [6, 6.07) is 4.52. The number of halogens is 1. The molecule has 0 atom stereocenters. The molecule has 0 radical (unpaired) electrons. The first-order valence-corrected chi connectivity index (χ1v) is 6.83. The van der Waals surface area contributed by atoms with E-state index in [4.69, 9.17) is 5.73 Å². The normalized spacial score (nSPS) is 18.1. The lowest BCUT2D eigenvalue weighted by Gasteiger charge is -2.32. The number of benzene rings is 1. The zero-order chi connectivity index (χ0) is 13.9. The van der Waals surface area contributed by atoms with Gasteiger partial charge in [-0.15, -0.1) is 0 Å². The second kappa shape index (κ2) is 5.70. The number of rotatable bonds is 3. The lowest BCUT2D eigenvalue weighted by molar-refractivity contribution is -0.117. The Kier molecular flexibility index (Phi) is 4.20. The zero-order valence-corrected chi connectivity index (χ0v) is 11.3. The molecule has 3 N–H and O–H groups in total. The Labute approximate surface area is 113 Å². The lowest BCUT2D eigenvalue weighted by Crippen LogP contribution is -2.44. The fourth-order valence-corrected chi connectivity index (χ4v) is 2.77. The van der Waals surface area contributed by atoms with Crippen LogP contribution in [-0.2, 0) is 4.79 Å². The highest BCUT2D eigenvalue weighted by Gasteiger charge is 2.29. The number of carbonyl (C=O) groups excluding carboxylic acids is 1. The van der Waals surface area contributed by atoms with E-state index in [0.717, 1.165) is 31.2 Å². The van der Waals surface area contributed by atoms with Crippen molar-refractivity contribution < 1.29 is 9.18 Å². The van der Waals surface area contributed by atoms with E-state index < -0.39 is 0 Å². The van der Waals surface area contributed by atoms with Crippen LogP contribution in [0.5, 0.6) is 0 Å². The van der Waals surface area contributed by atoms with Gasteiger partial charge in [-0.3, -0.25) is 4.79 Å². The predicted octanol–water partition coefficient (Wildman–Crippen LogP) is 3.12. The standard InChI is InChI=1S/C15H21FN2O/c1-11-7-12(16)9-13(8-11)18-14(19)10-15(17)5-3-2-4-6-15/h7-9H,2-6,10,17H2,1H3,(H,18,19). The van der Waals surface area contributed by atoms with Gasteiger partial charge in [0.25, 0.3) is 0 Å². The van der Waals surface area contributed by atoms with Crippen LogP contribution in [0.4, 0.5) is 10.1 Å². The van der Waals surface area contributed by atoms with Crippen LogP contribution in [0.2, 0.25) is 0 Å². The molecule has 1 fully saturated rings. The molecule has 0 aromatic heterocycles. The summed E-state index contributed by atoms with van der Waals surface area (Å²) in [6.07, 6.45) is 5.46. The molecule has 4 heteroatoms. The molecule has 1 aromatic rings. The van der Waals surface area contributed by atoms with Crippen LogP contribution in [0.15, 0.2) is 18.2 Å². The van der Waals surface area contributed by atoms with Crippen LogP contribution < -0.4 is 11.1 Å². The molecule has 0 aliphatic heterocycles. The summed E-state index contributed by atoms with van der Waals surface area (Å²) in [5.41, 5.74) is 7.14. The van der Waals surface area contributed by atoms with Crippen LogP contribution in [0, 0.1) is 12.7 Å². The van der Waals surface area contributed by atoms with Crippen molar-refractivity contribution in [2.45, 2.75) is 51.0 Å². The third-order valence-corrected chi connectivity index (χ3v) is 3.69. The van der Waals surface area contributed by atoms with E-state index in [1.54, 1.807) is 13.0 Å². The minimum Gasteiger partial charge on any atom is -0.326 e. The monoisotopic (exact) mass is 264 g/mol. The summed E-state index contributed by atoms with van der Waals surface area (Å²) in [4.78, 5) is 12.0. The molecule has 0 saturated heterocycles. The van der Waals surface area contributed by atoms with Crippen molar-refractivity contribution in [3.8, 4) is 0 Å². The fourth-order valence-electron chi connectivity index (χ4n) is 2.77. The number of nitrogens with one attached hydrogen (secondary N) is 1. The average molecular weight is 264 g/mol. The molecule has 0 unspecified atom stereocenters.